The van der Waals surface area contributed by atoms with Crippen molar-refractivity contribution in [2.45, 2.75) is 25.2 Å². The maximum atomic E-state index is 11.9. The van der Waals surface area contributed by atoms with Crippen molar-refractivity contribution in [1.82, 2.24) is 0 Å². The molecule has 0 amide bonds. The lowest BCUT2D eigenvalue weighted by Crippen LogP contribution is -2.55. The predicted octanol–water partition coefficient (Wildman–Crippen LogP) is 0.423. The molecule has 0 fully saturated rings. The second kappa shape index (κ2) is 5.61. The summed E-state index contributed by atoms with van der Waals surface area (Å²) in [5.41, 5.74) is 0.776. The first kappa shape index (κ1) is 15.1. The zero-order valence-corrected chi connectivity index (χ0v) is 11.9. The Labute approximate surface area is 121 Å². The molecule has 1 unspecified atom stereocenters. The van der Waals surface area contributed by atoms with Crippen molar-refractivity contribution in [2.24, 2.45) is 0 Å². The standard InChI is InChI=1S/C14H16O7/c1-8(15)6-9-4-5-10-11(7-9)21-14(20-10,12(16)18-2)13(17)19-3/h4-5,7-8,15H,6H2,1-3H3. The van der Waals surface area contributed by atoms with Crippen molar-refractivity contribution in [3.05, 3.63) is 23.8 Å². The molecular formula is C14H16O7. The highest BCUT2D eigenvalue weighted by atomic mass is 16.8. The molecule has 0 saturated carbocycles. The first-order valence-electron chi connectivity index (χ1n) is 6.28. The Hall–Kier alpha value is -2.28. The third-order valence-corrected chi connectivity index (χ3v) is 2.95. The molecule has 0 radical (unpaired) electrons. The van der Waals surface area contributed by atoms with E-state index in [0.717, 1.165) is 19.8 Å². The Morgan fingerprint density at radius 1 is 1.19 bits per heavy atom. The van der Waals surface area contributed by atoms with Crippen LogP contribution in [0.15, 0.2) is 18.2 Å². The number of fused-ring (bicyclic) bond motifs is 1. The van der Waals surface area contributed by atoms with E-state index in [2.05, 4.69) is 9.47 Å². The molecule has 7 nitrogen and oxygen atoms in total. The van der Waals surface area contributed by atoms with Crippen molar-refractivity contribution in [1.29, 1.82) is 0 Å². The van der Waals surface area contributed by atoms with Gasteiger partial charge in [0.25, 0.3) is 0 Å². The lowest BCUT2D eigenvalue weighted by atomic mass is 10.1. The monoisotopic (exact) mass is 296 g/mol. The van der Waals surface area contributed by atoms with Gasteiger partial charge in [-0.3, -0.25) is 0 Å². The second-order valence-corrected chi connectivity index (χ2v) is 4.64. The molecule has 0 saturated heterocycles. The molecule has 1 atom stereocenters. The quantitative estimate of drug-likeness (QED) is 0.636. The van der Waals surface area contributed by atoms with Crippen molar-refractivity contribution in [3.8, 4) is 11.5 Å². The van der Waals surface area contributed by atoms with Gasteiger partial charge in [-0.25, -0.2) is 9.59 Å². The molecule has 114 valence electrons. The summed E-state index contributed by atoms with van der Waals surface area (Å²) in [6, 6.07) is 4.86. The molecular weight excluding hydrogens is 280 g/mol. The Balaban J connectivity index is 2.35. The van der Waals surface area contributed by atoms with Crippen LogP contribution in [-0.4, -0.2) is 43.2 Å². The van der Waals surface area contributed by atoms with Crippen molar-refractivity contribution in [2.75, 3.05) is 14.2 Å². The van der Waals surface area contributed by atoms with Gasteiger partial charge in [-0.15, -0.1) is 0 Å². The van der Waals surface area contributed by atoms with Crippen molar-refractivity contribution >= 4 is 11.9 Å². The summed E-state index contributed by atoms with van der Waals surface area (Å²) >= 11 is 0. The fourth-order valence-corrected chi connectivity index (χ4v) is 2.03. The first-order valence-corrected chi connectivity index (χ1v) is 6.28. The van der Waals surface area contributed by atoms with E-state index in [9.17, 15) is 14.7 Å². The summed E-state index contributed by atoms with van der Waals surface area (Å²) in [5, 5.41) is 9.39. The third-order valence-electron chi connectivity index (χ3n) is 2.95. The topological polar surface area (TPSA) is 91.3 Å². The molecule has 1 aromatic rings. The van der Waals surface area contributed by atoms with E-state index >= 15 is 0 Å². The minimum Gasteiger partial charge on any atom is -0.463 e. The molecule has 0 spiro atoms. The highest BCUT2D eigenvalue weighted by molar-refractivity contribution is 6.03. The lowest BCUT2D eigenvalue weighted by Gasteiger charge is -2.21. The Kier molecular flexibility index (Phi) is 4.04. The van der Waals surface area contributed by atoms with Crippen LogP contribution in [0.3, 0.4) is 0 Å². The van der Waals surface area contributed by atoms with E-state index in [1.54, 1.807) is 25.1 Å². The van der Waals surface area contributed by atoms with Gasteiger partial charge >= 0.3 is 17.7 Å². The maximum Gasteiger partial charge on any atom is 0.453 e. The second-order valence-electron chi connectivity index (χ2n) is 4.64. The van der Waals surface area contributed by atoms with Crippen LogP contribution >= 0.6 is 0 Å². The van der Waals surface area contributed by atoms with E-state index in [1.165, 1.54) is 0 Å². The van der Waals surface area contributed by atoms with E-state index in [4.69, 9.17) is 9.47 Å². The predicted molar refractivity (Wildman–Crippen MR) is 69.8 cm³/mol. The summed E-state index contributed by atoms with van der Waals surface area (Å²) in [6.07, 6.45) is -0.128. The van der Waals surface area contributed by atoms with Gasteiger partial charge in [-0.2, -0.15) is 0 Å². The molecule has 1 N–H and O–H groups in total. The number of hydrogen-bond acceptors (Lipinski definition) is 7. The fourth-order valence-electron chi connectivity index (χ4n) is 2.03. The van der Waals surface area contributed by atoms with E-state index in [1.807, 2.05) is 0 Å². The summed E-state index contributed by atoms with van der Waals surface area (Å²) < 4.78 is 19.8. The molecule has 2 rings (SSSR count). The van der Waals surface area contributed by atoms with Crippen LogP contribution in [0.25, 0.3) is 0 Å². The van der Waals surface area contributed by atoms with Gasteiger partial charge in [0.05, 0.1) is 20.3 Å². The number of aliphatic hydroxyl groups is 1. The number of esters is 2. The zero-order valence-electron chi connectivity index (χ0n) is 11.9. The molecule has 0 bridgehead atoms. The highest BCUT2D eigenvalue weighted by Gasteiger charge is 2.59. The van der Waals surface area contributed by atoms with E-state index < -0.39 is 23.8 Å². The summed E-state index contributed by atoms with van der Waals surface area (Å²) in [4.78, 5) is 23.7. The molecule has 1 aliphatic rings. The average Bonchev–Trinajstić information content (AvgIpc) is 2.84. The summed E-state index contributed by atoms with van der Waals surface area (Å²) in [5.74, 6) is -3.87. The minimum atomic E-state index is -2.28. The van der Waals surface area contributed by atoms with Gasteiger partial charge in [-0.1, -0.05) is 6.07 Å². The molecule has 1 aromatic carbocycles. The molecule has 0 aromatic heterocycles. The summed E-state index contributed by atoms with van der Waals surface area (Å²) in [7, 11) is 2.23. The minimum absolute atomic E-state index is 0.212. The van der Waals surface area contributed by atoms with Crippen molar-refractivity contribution < 1.29 is 33.6 Å². The molecule has 1 aliphatic heterocycles. The number of aliphatic hydroxyl groups excluding tert-OH is 1. The van der Waals surface area contributed by atoms with Crippen LogP contribution in [0.1, 0.15) is 12.5 Å². The van der Waals surface area contributed by atoms with E-state index in [-0.39, 0.29) is 11.5 Å². The van der Waals surface area contributed by atoms with Crippen LogP contribution in [0, 0.1) is 0 Å². The number of carbonyl (C=O) groups excluding carboxylic acids is 2. The van der Waals surface area contributed by atoms with Gasteiger partial charge in [-0.05, 0) is 31.0 Å². The number of ether oxygens (including phenoxy) is 4. The van der Waals surface area contributed by atoms with E-state index in [0.29, 0.717) is 6.42 Å². The van der Waals surface area contributed by atoms with Gasteiger partial charge < -0.3 is 24.1 Å². The summed E-state index contributed by atoms with van der Waals surface area (Å²) in [6.45, 7) is 1.65. The van der Waals surface area contributed by atoms with Crippen LogP contribution in [-0.2, 0) is 25.5 Å². The fraction of sp³-hybridized carbons (Fsp3) is 0.429. The molecule has 0 aliphatic carbocycles. The van der Waals surface area contributed by atoms with Gasteiger partial charge in [0.15, 0.2) is 11.5 Å². The zero-order chi connectivity index (χ0) is 15.6. The third kappa shape index (κ3) is 2.64. The average molecular weight is 296 g/mol. The molecule has 1 heterocycles. The highest BCUT2D eigenvalue weighted by Crippen LogP contribution is 2.41. The van der Waals surface area contributed by atoms with Crippen LogP contribution < -0.4 is 9.47 Å². The molecule has 7 heteroatoms. The number of methoxy groups -OCH3 is 2. The number of benzene rings is 1. The molecule has 21 heavy (non-hydrogen) atoms. The van der Waals surface area contributed by atoms with Gasteiger partial charge in [0, 0.05) is 0 Å². The van der Waals surface area contributed by atoms with Crippen molar-refractivity contribution in [3.63, 3.8) is 0 Å². The van der Waals surface area contributed by atoms with Gasteiger partial charge in [0.2, 0.25) is 0 Å². The Morgan fingerprint density at radius 2 is 1.76 bits per heavy atom. The Bertz CT molecular complexity index is 548. The van der Waals surface area contributed by atoms with Crippen LogP contribution in [0.5, 0.6) is 11.5 Å². The van der Waals surface area contributed by atoms with Crippen LogP contribution in [0.2, 0.25) is 0 Å². The van der Waals surface area contributed by atoms with Gasteiger partial charge in [0.1, 0.15) is 0 Å². The number of hydrogen-bond donors (Lipinski definition) is 1. The number of carbonyl (C=O) groups is 2. The SMILES string of the molecule is COC(=O)C1(C(=O)OC)Oc2ccc(CC(C)O)cc2O1. The first-order chi connectivity index (χ1) is 9.92. The lowest BCUT2D eigenvalue weighted by molar-refractivity contribution is -0.199. The van der Waals surface area contributed by atoms with Crippen LogP contribution in [0.4, 0.5) is 0 Å². The maximum absolute atomic E-state index is 11.9. The smallest absolute Gasteiger partial charge is 0.453 e. The Morgan fingerprint density at radius 3 is 2.29 bits per heavy atom. The number of rotatable bonds is 4. The largest absolute Gasteiger partial charge is 0.463 e. The normalized spacial score (nSPS) is 16.2.